The van der Waals surface area contributed by atoms with Crippen molar-refractivity contribution < 1.29 is 0 Å². The smallest absolute Gasteiger partial charge is 0.160 e. The van der Waals surface area contributed by atoms with E-state index < -0.39 is 5.41 Å². The lowest BCUT2D eigenvalue weighted by atomic mass is 9.55. The lowest BCUT2D eigenvalue weighted by Gasteiger charge is -2.46. The van der Waals surface area contributed by atoms with Gasteiger partial charge < -0.3 is 0 Å². The van der Waals surface area contributed by atoms with Crippen LogP contribution >= 0.6 is 0 Å². The second-order valence-corrected chi connectivity index (χ2v) is 15.3. The lowest BCUT2D eigenvalue weighted by molar-refractivity contribution is 0.563. The van der Waals surface area contributed by atoms with Crippen molar-refractivity contribution in [2.45, 2.75) is 24.7 Å². The SMILES string of the molecule is CC1(C)c2ccccc2C2(c3ccccc3-c3ccccc32)c2ccc(-c3cccc(-c4nc(-c5cccc6ccccc56)c5ccccc5n4)c3)cc21. The molecule has 1 spiro atoms. The molecule has 0 radical (unpaired) electrons. The van der Waals surface area contributed by atoms with E-state index in [4.69, 9.17) is 9.97 Å². The Bertz CT molecular complexity index is 2940. The Labute approximate surface area is 315 Å². The number of aromatic nitrogens is 2. The van der Waals surface area contributed by atoms with Crippen molar-refractivity contribution in [2.75, 3.05) is 0 Å². The minimum atomic E-state index is -0.397. The fourth-order valence-corrected chi connectivity index (χ4v) is 9.71. The highest BCUT2D eigenvalue weighted by molar-refractivity contribution is 6.03. The Morgan fingerprint density at radius 3 is 1.72 bits per heavy atom. The first-order valence-electron chi connectivity index (χ1n) is 18.8. The number of rotatable bonds is 3. The Morgan fingerprint density at radius 1 is 0.370 bits per heavy atom. The van der Waals surface area contributed by atoms with Gasteiger partial charge >= 0.3 is 0 Å². The van der Waals surface area contributed by atoms with Crippen molar-refractivity contribution in [3.05, 3.63) is 215 Å². The van der Waals surface area contributed by atoms with E-state index in [-0.39, 0.29) is 5.41 Å². The summed E-state index contributed by atoms with van der Waals surface area (Å²) in [6, 6.07) is 66.5. The fourth-order valence-electron chi connectivity index (χ4n) is 9.71. The maximum Gasteiger partial charge on any atom is 0.160 e. The van der Waals surface area contributed by atoms with Crippen LogP contribution in [-0.2, 0) is 10.8 Å². The Kier molecular flexibility index (Phi) is 6.55. The second kappa shape index (κ2) is 11.4. The first kappa shape index (κ1) is 30.9. The average Bonchev–Trinajstić information content (AvgIpc) is 3.53. The highest BCUT2D eigenvalue weighted by Crippen LogP contribution is 2.62. The van der Waals surface area contributed by atoms with E-state index in [9.17, 15) is 0 Å². The zero-order chi connectivity index (χ0) is 36.0. The molecule has 1 heterocycles. The zero-order valence-corrected chi connectivity index (χ0v) is 30.2. The van der Waals surface area contributed by atoms with E-state index in [1.54, 1.807) is 0 Å². The molecule has 0 N–H and O–H groups in total. The summed E-state index contributed by atoms with van der Waals surface area (Å²) in [6.07, 6.45) is 0. The molecule has 8 aromatic carbocycles. The van der Waals surface area contributed by atoms with Crippen LogP contribution in [0.5, 0.6) is 0 Å². The van der Waals surface area contributed by atoms with Crippen LogP contribution in [0.2, 0.25) is 0 Å². The van der Waals surface area contributed by atoms with E-state index in [1.165, 1.54) is 60.8 Å². The van der Waals surface area contributed by atoms with Gasteiger partial charge in [-0.05, 0) is 84.6 Å². The van der Waals surface area contributed by atoms with Gasteiger partial charge in [0, 0.05) is 21.9 Å². The van der Waals surface area contributed by atoms with Crippen LogP contribution in [-0.4, -0.2) is 9.97 Å². The van der Waals surface area contributed by atoms with E-state index in [2.05, 4.69) is 196 Å². The molecule has 0 bridgehead atoms. The number of benzene rings is 8. The van der Waals surface area contributed by atoms with Crippen molar-refractivity contribution in [3.63, 3.8) is 0 Å². The summed E-state index contributed by atoms with van der Waals surface area (Å²) in [5.41, 5.74) is 16.6. The van der Waals surface area contributed by atoms with Crippen molar-refractivity contribution in [3.8, 4) is 44.9 Å². The standard InChI is InChI=1S/C52H36N2/c1-51(2)44-26-10-11-27-45(44)52(42-24-8-5-20-38(42)39-21-6-9-25-43(39)52)46-30-29-35(32-47(46)51)34-17-13-18-36(31-34)50-53-48-28-12-7-22-41(48)49(54-50)40-23-14-16-33-15-3-4-19-37(33)40/h3-32H,1-2H3. The van der Waals surface area contributed by atoms with Gasteiger partial charge in [0.2, 0.25) is 0 Å². The van der Waals surface area contributed by atoms with Crippen molar-refractivity contribution in [2.24, 2.45) is 0 Å². The average molecular weight is 689 g/mol. The Balaban J connectivity index is 1.10. The molecule has 0 aliphatic heterocycles. The van der Waals surface area contributed by atoms with Crippen molar-refractivity contribution >= 4 is 21.7 Å². The summed E-state index contributed by atoms with van der Waals surface area (Å²) in [4.78, 5) is 10.5. The molecule has 54 heavy (non-hydrogen) atoms. The van der Waals surface area contributed by atoms with Crippen LogP contribution in [0.15, 0.2) is 182 Å². The summed E-state index contributed by atoms with van der Waals surface area (Å²) >= 11 is 0. The lowest BCUT2D eigenvalue weighted by Crippen LogP contribution is -2.40. The molecule has 2 nitrogen and oxygen atoms in total. The molecule has 0 fully saturated rings. The van der Waals surface area contributed by atoms with Crippen molar-refractivity contribution in [1.29, 1.82) is 0 Å². The molecule has 2 aliphatic rings. The van der Waals surface area contributed by atoms with Crippen LogP contribution < -0.4 is 0 Å². The monoisotopic (exact) mass is 688 g/mol. The van der Waals surface area contributed by atoms with Gasteiger partial charge in [0.25, 0.3) is 0 Å². The van der Waals surface area contributed by atoms with Gasteiger partial charge in [0.1, 0.15) is 0 Å². The number of hydrogen-bond acceptors (Lipinski definition) is 2. The number of para-hydroxylation sites is 1. The van der Waals surface area contributed by atoms with Gasteiger partial charge in [-0.3, -0.25) is 0 Å². The Hall–Kier alpha value is -6.64. The highest BCUT2D eigenvalue weighted by atomic mass is 14.9. The van der Waals surface area contributed by atoms with E-state index in [0.29, 0.717) is 0 Å². The normalized spacial score (nSPS) is 14.4. The molecule has 0 amide bonds. The molecule has 0 unspecified atom stereocenters. The van der Waals surface area contributed by atoms with Crippen LogP contribution in [0.3, 0.4) is 0 Å². The van der Waals surface area contributed by atoms with Crippen LogP contribution in [0.1, 0.15) is 47.2 Å². The predicted octanol–water partition coefficient (Wildman–Crippen LogP) is 12.8. The minimum Gasteiger partial charge on any atom is -0.228 e. The molecule has 0 atom stereocenters. The minimum absolute atomic E-state index is 0.216. The maximum atomic E-state index is 5.32. The summed E-state index contributed by atoms with van der Waals surface area (Å²) < 4.78 is 0. The summed E-state index contributed by atoms with van der Waals surface area (Å²) in [5.74, 6) is 0.726. The van der Waals surface area contributed by atoms with E-state index in [0.717, 1.165) is 39.1 Å². The second-order valence-electron chi connectivity index (χ2n) is 15.3. The molecule has 2 heteroatoms. The summed E-state index contributed by atoms with van der Waals surface area (Å²) in [6.45, 7) is 4.78. The third-order valence-electron chi connectivity index (χ3n) is 12.2. The van der Waals surface area contributed by atoms with Gasteiger partial charge in [-0.2, -0.15) is 0 Å². The largest absolute Gasteiger partial charge is 0.228 e. The molecular formula is C52H36N2. The van der Waals surface area contributed by atoms with Gasteiger partial charge in [-0.15, -0.1) is 0 Å². The number of hydrogen-bond donors (Lipinski definition) is 0. The number of fused-ring (bicyclic) bond motifs is 11. The highest BCUT2D eigenvalue weighted by Gasteiger charge is 2.53. The molecule has 0 saturated heterocycles. The molecule has 11 rings (SSSR count). The predicted molar refractivity (Wildman–Crippen MR) is 223 cm³/mol. The summed E-state index contributed by atoms with van der Waals surface area (Å²) in [7, 11) is 0. The van der Waals surface area contributed by atoms with Gasteiger partial charge in [0.05, 0.1) is 16.6 Å². The Morgan fingerprint density at radius 2 is 0.926 bits per heavy atom. The van der Waals surface area contributed by atoms with E-state index >= 15 is 0 Å². The molecular weight excluding hydrogens is 653 g/mol. The van der Waals surface area contributed by atoms with Crippen LogP contribution in [0.4, 0.5) is 0 Å². The van der Waals surface area contributed by atoms with Gasteiger partial charge in [-0.1, -0.05) is 178 Å². The first-order chi connectivity index (χ1) is 26.5. The third-order valence-corrected chi connectivity index (χ3v) is 12.2. The molecule has 0 saturated carbocycles. The van der Waals surface area contributed by atoms with E-state index in [1.807, 2.05) is 0 Å². The fraction of sp³-hybridized carbons (Fsp3) is 0.0769. The van der Waals surface area contributed by atoms with Crippen LogP contribution in [0.25, 0.3) is 66.6 Å². The molecule has 1 aromatic heterocycles. The summed E-state index contributed by atoms with van der Waals surface area (Å²) in [5, 5.41) is 3.44. The van der Waals surface area contributed by atoms with Crippen LogP contribution in [0, 0.1) is 0 Å². The van der Waals surface area contributed by atoms with Gasteiger partial charge in [0.15, 0.2) is 5.82 Å². The van der Waals surface area contributed by atoms with Crippen molar-refractivity contribution in [1.82, 2.24) is 9.97 Å². The first-order valence-corrected chi connectivity index (χ1v) is 18.8. The zero-order valence-electron chi connectivity index (χ0n) is 30.2. The quantitative estimate of drug-likeness (QED) is 0.185. The molecule has 2 aliphatic carbocycles. The number of nitrogens with zero attached hydrogens (tertiary/aromatic N) is 2. The van der Waals surface area contributed by atoms with Gasteiger partial charge in [-0.25, -0.2) is 9.97 Å². The molecule has 254 valence electrons. The third kappa shape index (κ3) is 4.22. The molecule has 9 aromatic rings. The topological polar surface area (TPSA) is 25.8 Å². The maximum absolute atomic E-state index is 5.32.